The zero-order chi connectivity index (χ0) is 19.3. The maximum atomic E-state index is 12.9. The Labute approximate surface area is 159 Å². The summed E-state index contributed by atoms with van der Waals surface area (Å²) in [4.78, 5) is 24.4. The molecule has 3 heteroatoms. The van der Waals surface area contributed by atoms with E-state index in [1.165, 1.54) is 6.42 Å². The van der Waals surface area contributed by atoms with Gasteiger partial charge in [0, 0.05) is 18.3 Å². The van der Waals surface area contributed by atoms with Gasteiger partial charge in [-0.2, -0.15) is 0 Å². The maximum absolute atomic E-state index is 12.9. The van der Waals surface area contributed by atoms with Crippen LogP contribution in [0.5, 0.6) is 0 Å². The van der Waals surface area contributed by atoms with Crippen molar-refractivity contribution in [3.05, 3.63) is 0 Å². The second kappa shape index (κ2) is 6.72. The van der Waals surface area contributed by atoms with Crippen LogP contribution in [0.1, 0.15) is 92.9 Å². The third-order valence-corrected chi connectivity index (χ3v) is 8.00. The molecule has 3 aliphatic rings. The highest BCUT2D eigenvalue weighted by atomic mass is 16.5. The van der Waals surface area contributed by atoms with E-state index < -0.39 is 0 Å². The molecule has 0 N–H and O–H groups in total. The molecule has 148 valence electrons. The zero-order valence-electron chi connectivity index (χ0n) is 17.7. The topological polar surface area (TPSA) is 43.4 Å². The Kier molecular flexibility index (Phi) is 5.18. The van der Waals surface area contributed by atoms with E-state index in [4.69, 9.17) is 4.74 Å². The van der Waals surface area contributed by atoms with Gasteiger partial charge in [-0.05, 0) is 89.4 Å². The van der Waals surface area contributed by atoms with Crippen LogP contribution < -0.4 is 0 Å². The van der Waals surface area contributed by atoms with Crippen LogP contribution in [0.25, 0.3) is 0 Å². The number of ketones is 2. The summed E-state index contributed by atoms with van der Waals surface area (Å²) in [6.07, 6.45) is 8.03. The fraction of sp³-hybridized carbons (Fsp3) is 0.913. The first-order valence-electron chi connectivity index (χ1n) is 10.7. The van der Waals surface area contributed by atoms with Gasteiger partial charge in [0.15, 0.2) is 0 Å². The molecule has 0 aromatic carbocycles. The summed E-state index contributed by atoms with van der Waals surface area (Å²) in [7, 11) is 0. The third-order valence-electron chi connectivity index (χ3n) is 8.00. The van der Waals surface area contributed by atoms with Crippen LogP contribution in [-0.4, -0.2) is 23.3 Å². The van der Waals surface area contributed by atoms with Gasteiger partial charge in [-0.25, -0.2) is 0 Å². The Morgan fingerprint density at radius 2 is 1.81 bits per heavy atom. The lowest BCUT2D eigenvalue weighted by atomic mass is 9.49. The van der Waals surface area contributed by atoms with Crippen molar-refractivity contribution in [2.75, 3.05) is 0 Å². The molecule has 3 fully saturated rings. The Morgan fingerprint density at radius 3 is 2.42 bits per heavy atom. The summed E-state index contributed by atoms with van der Waals surface area (Å²) in [5.74, 6) is 2.36. The lowest BCUT2D eigenvalue weighted by Crippen LogP contribution is -2.53. The summed E-state index contributed by atoms with van der Waals surface area (Å²) in [6, 6.07) is 0. The van der Waals surface area contributed by atoms with Crippen molar-refractivity contribution in [3.8, 4) is 0 Å². The summed E-state index contributed by atoms with van der Waals surface area (Å²) in [5.41, 5.74) is -0.146. The lowest BCUT2D eigenvalue weighted by molar-refractivity contribution is -0.157. The molecule has 3 rings (SSSR count). The molecule has 0 aliphatic heterocycles. The van der Waals surface area contributed by atoms with Gasteiger partial charge in [0.2, 0.25) is 0 Å². The van der Waals surface area contributed by atoms with E-state index in [0.29, 0.717) is 42.5 Å². The number of Topliss-reactive ketones (excluding diaryl/α,β-unsaturated/α-hetero) is 2. The number of carbonyl (C=O) groups is 2. The van der Waals surface area contributed by atoms with E-state index in [-0.39, 0.29) is 22.2 Å². The lowest BCUT2D eigenvalue weighted by Gasteiger charge is -2.56. The van der Waals surface area contributed by atoms with Crippen molar-refractivity contribution in [2.24, 2.45) is 28.6 Å². The van der Waals surface area contributed by atoms with Crippen molar-refractivity contribution in [1.29, 1.82) is 0 Å². The average molecular weight is 363 g/mol. The molecule has 0 radical (unpaired) electrons. The highest BCUT2D eigenvalue weighted by Crippen LogP contribution is 2.63. The predicted octanol–water partition coefficient (Wildman–Crippen LogP) is 5.35. The van der Waals surface area contributed by atoms with Gasteiger partial charge in [-0.15, -0.1) is 0 Å². The molecule has 0 saturated heterocycles. The van der Waals surface area contributed by atoms with Gasteiger partial charge < -0.3 is 9.53 Å². The molecule has 0 spiro atoms. The van der Waals surface area contributed by atoms with Crippen LogP contribution >= 0.6 is 0 Å². The Hall–Kier alpha value is -0.700. The van der Waals surface area contributed by atoms with Gasteiger partial charge in [0.25, 0.3) is 0 Å². The number of rotatable bonds is 4. The van der Waals surface area contributed by atoms with Crippen LogP contribution in [0.4, 0.5) is 0 Å². The van der Waals surface area contributed by atoms with Gasteiger partial charge >= 0.3 is 0 Å². The van der Waals surface area contributed by atoms with E-state index >= 15 is 0 Å². The molecule has 3 saturated carbocycles. The SMILES string of the molecule is CC(=O)CC[C@@]1(C)C(=O)CCC2C3CCC(OC(C)(C)C)[C@@]3(C)CCC21. The zero-order valence-corrected chi connectivity index (χ0v) is 17.7. The molecule has 3 aliphatic carbocycles. The van der Waals surface area contributed by atoms with E-state index in [0.717, 1.165) is 32.1 Å². The molecule has 3 nitrogen and oxygen atoms in total. The highest BCUT2D eigenvalue weighted by molar-refractivity contribution is 5.86. The molecular weight excluding hydrogens is 324 g/mol. The second-order valence-corrected chi connectivity index (χ2v) is 10.8. The highest BCUT2D eigenvalue weighted by Gasteiger charge is 2.60. The van der Waals surface area contributed by atoms with E-state index in [9.17, 15) is 9.59 Å². The van der Waals surface area contributed by atoms with E-state index in [1.807, 2.05) is 0 Å². The van der Waals surface area contributed by atoms with Gasteiger partial charge in [0.05, 0.1) is 11.7 Å². The fourth-order valence-electron chi connectivity index (χ4n) is 6.60. The first-order chi connectivity index (χ1) is 12.0. The van der Waals surface area contributed by atoms with Crippen LogP contribution in [0.3, 0.4) is 0 Å². The predicted molar refractivity (Wildman–Crippen MR) is 104 cm³/mol. The third kappa shape index (κ3) is 3.41. The molecule has 0 bridgehead atoms. The standard InChI is InChI=1S/C23H38O3/c1-15(24)11-13-22(5)18-12-14-23(6)17(16(18)7-9-19(22)25)8-10-20(23)26-21(2,3)4/h16-18,20H,7-14H2,1-6H3/t16?,17?,18?,20?,22-,23+/m1/s1. The monoisotopic (exact) mass is 362 g/mol. The number of carbonyl (C=O) groups excluding carboxylic acids is 2. The first kappa shape index (κ1) is 20.0. The number of fused-ring (bicyclic) bond motifs is 3. The molecule has 26 heavy (non-hydrogen) atoms. The summed E-state index contributed by atoms with van der Waals surface area (Å²) >= 11 is 0. The average Bonchev–Trinajstić information content (AvgIpc) is 2.84. The normalized spacial score (nSPS) is 43.1. The van der Waals surface area contributed by atoms with Crippen LogP contribution in [0.15, 0.2) is 0 Å². The Morgan fingerprint density at radius 1 is 1.12 bits per heavy atom. The summed E-state index contributed by atoms with van der Waals surface area (Å²) in [6.45, 7) is 12.7. The van der Waals surface area contributed by atoms with Crippen LogP contribution in [0.2, 0.25) is 0 Å². The molecule has 0 aromatic rings. The number of hydrogen-bond acceptors (Lipinski definition) is 3. The largest absolute Gasteiger partial charge is 0.372 e. The van der Waals surface area contributed by atoms with Gasteiger partial charge in [0.1, 0.15) is 11.6 Å². The van der Waals surface area contributed by atoms with Gasteiger partial charge in [-0.3, -0.25) is 4.79 Å². The second-order valence-electron chi connectivity index (χ2n) is 10.8. The van der Waals surface area contributed by atoms with Crippen molar-refractivity contribution < 1.29 is 14.3 Å². The molecule has 6 atom stereocenters. The minimum absolute atomic E-state index is 0.0993. The number of hydrogen-bond donors (Lipinski definition) is 0. The maximum Gasteiger partial charge on any atom is 0.139 e. The molecular formula is C23H38O3. The minimum atomic E-state index is -0.293. The summed E-state index contributed by atoms with van der Waals surface area (Å²) < 4.78 is 6.49. The number of ether oxygens (including phenoxy) is 1. The van der Waals surface area contributed by atoms with Crippen molar-refractivity contribution in [2.45, 2.75) is 105 Å². The Balaban J connectivity index is 1.82. The van der Waals surface area contributed by atoms with Gasteiger partial charge in [-0.1, -0.05) is 13.8 Å². The smallest absolute Gasteiger partial charge is 0.139 e. The van der Waals surface area contributed by atoms with Crippen molar-refractivity contribution >= 4 is 11.6 Å². The van der Waals surface area contributed by atoms with E-state index in [1.54, 1.807) is 6.92 Å². The molecule has 0 amide bonds. The van der Waals surface area contributed by atoms with Crippen molar-refractivity contribution in [3.63, 3.8) is 0 Å². The van der Waals surface area contributed by atoms with E-state index in [2.05, 4.69) is 34.6 Å². The van der Waals surface area contributed by atoms with Crippen LogP contribution in [-0.2, 0) is 14.3 Å². The first-order valence-corrected chi connectivity index (χ1v) is 10.7. The minimum Gasteiger partial charge on any atom is -0.372 e. The quantitative estimate of drug-likeness (QED) is 0.677. The molecule has 0 aromatic heterocycles. The van der Waals surface area contributed by atoms with Crippen LogP contribution in [0, 0.1) is 28.6 Å². The molecule has 0 heterocycles. The Bertz CT molecular complexity index is 574. The molecule has 4 unspecified atom stereocenters. The summed E-state index contributed by atoms with van der Waals surface area (Å²) in [5, 5.41) is 0. The fourth-order valence-corrected chi connectivity index (χ4v) is 6.60. The van der Waals surface area contributed by atoms with Crippen molar-refractivity contribution in [1.82, 2.24) is 0 Å².